The van der Waals surface area contributed by atoms with Crippen molar-refractivity contribution in [2.45, 2.75) is 20.0 Å². The van der Waals surface area contributed by atoms with Gasteiger partial charge in [0.25, 0.3) is 5.91 Å². The summed E-state index contributed by atoms with van der Waals surface area (Å²) in [5.74, 6) is -0.213. The number of hydrogen-bond donors (Lipinski definition) is 1. The third-order valence-electron chi connectivity index (χ3n) is 4.80. The summed E-state index contributed by atoms with van der Waals surface area (Å²) in [6.45, 7) is 3.85. The predicted octanol–water partition coefficient (Wildman–Crippen LogP) is 4.86. The summed E-state index contributed by atoms with van der Waals surface area (Å²) in [5, 5.41) is 2.89. The van der Waals surface area contributed by atoms with Crippen LogP contribution in [0.3, 0.4) is 0 Å². The summed E-state index contributed by atoms with van der Waals surface area (Å²) >= 11 is 0. The lowest BCUT2D eigenvalue weighted by atomic mass is 10.1. The maximum absolute atomic E-state index is 13.2. The Morgan fingerprint density at radius 1 is 0.839 bits per heavy atom. The largest absolute Gasteiger partial charge is 0.497 e. The van der Waals surface area contributed by atoms with Crippen molar-refractivity contribution in [3.8, 4) is 11.5 Å². The number of carbonyl (C=O) groups excluding carboxylic acids is 2. The Hall–Kier alpha value is -3.80. The van der Waals surface area contributed by atoms with Gasteiger partial charge < -0.3 is 19.5 Å². The van der Waals surface area contributed by atoms with E-state index in [1.807, 2.05) is 38.1 Å². The van der Waals surface area contributed by atoms with Crippen molar-refractivity contribution in [3.05, 3.63) is 89.0 Å². The van der Waals surface area contributed by atoms with Crippen LogP contribution < -0.4 is 14.8 Å². The number of esters is 1. The first-order valence-electron chi connectivity index (χ1n) is 9.78. The second kappa shape index (κ2) is 9.80. The van der Waals surface area contributed by atoms with Crippen LogP contribution in [0.25, 0.3) is 0 Å². The number of rotatable bonds is 7. The van der Waals surface area contributed by atoms with Crippen LogP contribution in [0.2, 0.25) is 0 Å². The van der Waals surface area contributed by atoms with Crippen LogP contribution in [0.4, 0.5) is 5.69 Å². The van der Waals surface area contributed by atoms with E-state index in [0.29, 0.717) is 22.7 Å². The molecule has 1 unspecified atom stereocenters. The first-order chi connectivity index (χ1) is 14.9. The zero-order valence-corrected chi connectivity index (χ0v) is 18.0. The minimum Gasteiger partial charge on any atom is -0.497 e. The lowest BCUT2D eigenvalue weighted by Crippen LogP contribution is -2.26. The quantitative estimate of drug-likeness (QED) is 0.554. The molecule has 0 aromatic heterocycles. The van der Waals surface area contributed by atoms with Gasteiger partial charge in [-0.05, 0) is 43.2 Å². The van der Waals surface area contributed by atoms with E-state index in [9.17, 15) is 9.59 Å². The predicted molar refractivity (Wildman–Crippen MR) is 119 cm³/mol. The molecule has 160 valence electrons. The monoisotopic (exact) mass is 419 g/mol. The number of anilines is 1. The molecule has 0 spiro atoms. The highest BCUT2D eigenvalue weighted by Crippen LogP contribution is 2.27. The molecule has 1 amide bonds. The van der Waals surface area contributed by atoms with Gasteiger partial charge in [-0.25, -0.2) is 4.79 Å². The Balaban J connectivity index is 1.90. The minimum absolute atomic E-state index is 0.219. The molecule has 0 aliphatic carbocycles. The molecule has 1 N–H and O–H groups in total. The topological polar surface area (TPSA) is 73.9 Å². The van der Waals surface area contributed by atoms with Gasteiger partial charge in [-0.1, -0.05) is 42.5 Å². The first-order valence-corrected chi connectivity index (χ1v) is 9.78. The maximum atomic E-state index is 13.2. The number of methoxy groups -OCH3 is 2. The van der Waals surface area contributed by atoms with Crippen LogP contribution in [0.15, 0.2) is 66.7 Å². The molecule has 0 saturated carbocycles. The van der Waals surface area contributed by atoms with Crippen molar-refractivity contribution in [1.29, 1.82) is 0 Å². The van der Waals surface area contributed by atoms with Crippen LogP contribution in [0, 0.1) is 13.8 Å². The third kappa shape index (κ3) is 5.42. The Kier molecular flexibility index (Phi) is 6.92. The zero-order valence-electron chi connectivity index (χ0n) is 18.0. The van der Waals surface area contributed by atoms with Crippen LogP contribution in [0.1, 0.15) is 33.2 Å². The molecular formula is C25H25NO5. The maximum Gasteiger partial charge on any atom is 0.339 e. The molecule has 0 aliphatic rings. The van der Waals surface area contributed by atoms with Crippen molar-refractivity contribution >= 4 is 17.6 Å². The van der Waals surface area contributed by atoms with E-state index in [1.165, 1.54) is 26.4 Å². The fourth-order valence-electron chi connectivity index (χ4n) is 3.07. The summed E-state index contributed by atoms with van der Waals surface area (Å²) in [6.07, 6.45) is -1.13. The molecular weight excluding hydrogens is 394 g/mol. The number of amides is 1. The van der Waals surface area contributed by atoms with E-state index < -0.39 is 18.0 Å². The molecule has 31 heavy (non-hydrogen) atoms. The number of nitrogens with one attached hydrogen (secondary N) is 1. The zero-order chi connectivity index (χ0) is 22.4. The highest BCUT2D eigenvalue weighted by atomic mass is 16.5. The van der Waals surface area contributed by atoms with Gasteiger partial charge in [-0.3, -0.25) is 4.79 Å². The number of hydrogen-bond acceptors (Lipinski definition) is 5. The van der Waals surface area contributed by atoms with E-state index in [2.05, 4.69) is 5.32 Å². The van der Waals surface area contributed by atoms with Gasteiger partial charge >= 0.3 is 5.97 Å². The van der Waals surface area contributed by atoms with Gasteiger partial charge in [0, 0.05) is 17.3 Å². The first kappa shape index (κ1) is 21.9. The summed E-state index contributed by atoms with van der Waals surface area (Å²) < 4.78 is 16.1. The van der Waals surface area contributed by atoms with Crippen molar-refractivity contribution in [1.82, 2.24) is 0 Å². The standard InChI is InChI=1S/C25H25NO5/c1-16-10-11-17(2)22(12-16)26-24(27)23(18-8-6-5-7-9-18)31-25(28)19-13-20(29-3)15-21(14-19)30-4/h5-15,23H,1-4H3,(H,26,27). The van der Waals surface area contributed by atoms with Crippen molar-refractivity contribution in [2.24, 2.45) is 0 Å². The Morgan fingerprint density at radius 3 is 2.10 bits per heavy atom. The third-order valence-corrected chi connectivity index (χ3v) is 4.80. The Morgan fingerprint density at radius 2 is 1.48 bits per heavy atom. The van der Waals surface area contributed by atoms with Crippen molar-refractivity contribution in [3.63, 3.8) is 0 Å². The summed E-state index contributed by atoms with van der Waals surface area (Å²) in [6, 6.07) is 19.4. The van der Waals surface area contributed by atoms with E-state index in [0.717, 1.165) is 11.1 Å². The van der Waals surface area contributed by atoms with Crippen molar-refractivity contribution in [2.75, 3.05) is 19.5 Å². The molecule has 0 saturated heterocycles. The summed E-state index contributed by atoms with van der Waals surface area (Å²) in [4.78, 5) is 26.1. The molecule has 0 bridgehead atoms. The fourth-order valence-corrected chi connectivity index (χ4v) is 3.07. The van der Waals surface area contributed by atoms with Gasteiger partial charge in [0.2, 0.25) is 6.10 Å². The molecule has 3 aromatic carbocycles. The molecule has 0 heterocycles. The normalized spacial score (nSPS) is 11.4. The highest BCUT2D eigenvalue weighted by Gasteiger charge is 2.26. The SMILES string of the molecule is COc1cc(OC)cc(C(=O)OC(C(=O)Nc2cc(C)ccc2C)c2ccccc2)c1. The molecule has 1 atom stereocenters. The van der Waals surface area contributed by atoms with Crippen LogP contribution >= 0.6 is 0 Å². The van der Waals surface area contributed by atoms with E-state index >= 15 is 0 Å². The summed E-state index contributed by atoms with van der Waals surface area (Å²) in [5.41, 5.74) is 3.38. The average Bonchev–Trinajstić information content (AvgIpc) is 2.79. The van der Waals surface area contributed by atoms with Crippen LogP contribution in [0.5, 0.6) is 11.5 Å². The van der Waals surface area contributed by atoms with Gasteiger partial charge in [-0.15, -0.1) is 0 Å². The molecule has 3 aromatic rings. The van der Waals surface area contributed by atoms with Gasteiger partial charge in [0.05, 0.1) is 19.8 Å². The van der Waals surface area contributed by atoms with Gasteiger partial charge in [0.1, 0.15) is 11.5 Å². The van der Waals surface area contributed by atoms with Crippen LogP contribution in [-0.2, 0) is 9.53 Å². The number of aryl methyl sites for hydroxylation is 2. The Bertz CT molecular complexity index is 1060. The molecule has 0 aliphatic heterocycles. The molecule has 0 fully saturated rings. The molecule has 6 nitrogen and oxygen atoms in total. The number of benzene rings is 3. The number of carbonyl (C=O) groups is 2. The second-order valence-electron chi connectivity index (χ2n) is 7.10. The molecule has 6 heteroatoms. The smallest absolute Gasteiger partial charge is 0.339 e. The average molecular weight is 419 g/mol. The molecule has 3 rings (SSSR count). The van der Waals surface area contributed by atoms with Crippen molar-refractivity contribution < 1.29 is 23.8 Å². The Labute approximate surface area is 181 Å². The van der Waals surface area contributed by atoms with E-state index in [-0.39, 0.29) is 5.56 Å². The van der Waals surface area contributed by atoms with E-state index in [4.69, 9.17) is 14.2 Å². The lowest BCUT2D eigenvalue weighted by molar-refractivity contribution is -0.125. The van der Waals surface area contributed by atoms with Gasteiger partial charge in [-0.2, -0.15) is 0 Å². The lowest BCUT2D eigenvalue weighted by Gasteiger charge is -2.19. The van der Waals surface area contributed by atoms with Gasteiger partial charge in [0.15, 0.2) is 0 Å². The minimum atomic E-state index is -1.13. The number of ether oxygens (including phenoxy) is 3. The van der Waals surface area contributed by atoms with E-state index in [1.54, 1.807) is 30.3 Å². The fraction of sp³-hybridized carbons (Fsp3) is 0.200. The van der Waals surface area contributed by atoms with Crippen LogP contribution in [-0.4, -0.2) is 26.1 Å². The molecule has 0 radical (unpaired) electrons. The second-order valence-corrected chi connectivity index (χ2v) is 7.10. The highest BCUT2D eigenvalue weighted by molar-refractivity contribution is 5.98. The summed E-state index contributed by atoms with van der Waals surface area (Å²) in [7, 11) is 2.99.